The van der Waals surface area contributed by atoms with Gasteiger partial charge < -0.3 is 10.2 Å². The Hall–Kier alpha value is -1.39. The van der Waals surface area contributed by atoms with E-state index in [1.165, 1.54) is 16.0 Å². The molecule has 19 heavy (non-hydrogen) atoms. The largest absolute Gasteiger partial charge is 0.339 e. The van der Waals surface area contributed by atoms with Crippen molar-refractivity contribution in [3.8, 4) is 0 Å². The molecule has 4 heteroatoms. The third-order valence-corrected chi connectivity index (χ3v) is 4.75. The Morgan fingerprint density at radius 2 is 1.95 bits per heavy atom. The second-order valence-corrected chi connectivity index (χ2v) is 5.97. The predicted molar refractivity (Wildman–Crippen MR) is 80.6 cm³/mol. The van der Waals surface area contributed by atoms with Crippen LogP contribution in [0, 0.1) is 6.92 Å². The average Bonchev–Trinajstić information content (AvgIpc) is 2.99. The van der Waals surface area contributed by atoms with E-state index in [1.807, 2.05) is 11.3 Å². The molecule has 0 saturated carbocycles. The number of nitrogens with zero attached hydrogens (tertiary/aromatic N) is 2. The molecule has 0 aliphatic carbocycles. The third kappa shape index (κ3) is 2.51. The predicted octanol–water partition coefficient (Wildman–Crippen LogP) is 3.08. The number of hydrogen-bond donors (Lipinski definition) is 1. The molecule has 3 nitrogen and oxygen atoms in total. The van der Waals surface area contributed by atoms with Gasteiger partial charge in [0.2, 0.25) is 0 Å². The van der Waals surface area contributed by atoms with E-state index in [0.29, 0.717) is 0 Å². The molecule has 1 aliphatic rings. The zero-order valence-corrected chi connectivity index (χ0v) is 12.3. The standard InChI is InChI=1S/C15H19N3S/c1-3-16-8-14-11(2)17-15(19-14)18-9-12-6-4-5-7-13(12)10-18/h4-7,16H,3,8-10H2,1-2H3. The van der Waals surface area contributed by atoms with Crippen LogP contribution in [-0.2, 0) is 19.6 Å². The summed E-state index contributed by atoms with van der Waals surface area (Å²) in [5.41, 5.74) is 4.03. The molecule has 0 saturated heterocycles. The topological polar surface area (TPSA) is 28.2 Å². The summed E-state index contributed by atoms with van der Waals surface area (Å²) in [7, 11) is 0. The van der Waals surface area contributed by atoms with E-state index in [9.17, 15) is 0 Å². The summed E-state index contributed by atoms with van der Waals surface area (Å²) >= 11 is 1.82. The fourth-order valence-electron chi connectivity index (χ4n) is 2.42. The van der Waals surface area contributed by atoms with Gasteiger partial charge in [0.05, 0.1) is 5.69 Å². The van der Waals surface area contributed by atoms with Gasteiger partial charge in [-0.1, -0.05) is 31.2 Å². The SMILES string of the molecule is CCNCc1sc(N2Cc3ccccc3C2)nc1C. The molecular formula is C15H19N3S. The zero-order chi connectivity index (χ0) is 13.2. The number of rotatable bonds is 4. The molecular weight excluding hydrogens is 254 g/mol. The Labute approximate surface area is 118 Å². The maximum Gasteiger partial charge on any atom is 0.186 e. The molecule has 0 fully saturated rings. The highest BCUT2D eigenvalue weighted by atomic mass is 32.1. The molecule has 0 bridgehead atoms. The number of thiazole rings is 1. The van der Waals surface area contributed by atoms with Crippen LogP contribution in [0.2, 0.25) is 0 Å². The molecule has 1 aromatic carbocycles. The van der Waals surface area contributed by atoms with Crippen LogP contribution in [0.3, 0.4) is 0 Å². The monoisotopic (exact) mass is 273 g/mol. The second-order valence-electron chi connectivity index (χ2n) is 4.91. The van der Waals surface area contributed by atoms with Gasteiger partial charge in [-0.3, -0.25) is 0 Å². The molecule has 2 heterocycles. The minimum Gasteiger partial charge on any atom is -0.339 e. The quantitative estimate of drug-likeness (QED) is 0.928. The lowest BCUT2D eigenvalue weighted by atomic mass is 10.1. The van der Waals surface area contributed by atoms with Gasteiger partial charge in [0, 0.05) is 24.5 Å². The van der Waals surface area contributed by atoms with Gasteiger partial charge in [-0.2, -0.15) is 0 Å². The van der Waals surface area contributed by atoms with Gasteiger partial charge in [-0.15, -0.1) is 11.3 Å². The maximum atomic E-state index is 4.73. The van der Waals surface area contributed by atoms with Gasteiger partial charge in [0.15, 0.2) is 5.13 Å². The minimum atomic E-state index is 0.931. The lowest BCUT2D eigenvalue weighted by Gasteiger charge is -2.12. The molecule has 0 unspecified atom stereocenters. The summed E-state index contributed by atoms with van der Waals surface area (Å²) in [6.07, 6.45) is 0. The first-order chi connectivity index (χ1) is 9.28. The zero-order valence-electron chi connectivity index (χ0n) is 11.4. The van der Waals surface area contributed by atoms with Crippen molar-refractivity contribution in [2.45, 2.75) is 33.5 Å². The summed E-state index contributed by atoms with van der Waals surface area (Å²) in [5.74, 6) is 0. The van der Waals surface area contributed by atoms with E-state index in [0.717, 1.165) is 37.0 Å². The van der Waals surface area contributed by atoms with Crippen molar-refractivity contribution >= 4 is 16.5 Å². The fraction of sp³-hybridized carbons (Fsp3) is 0.400. The van der Waals surface area contributed by atoms with Crippen LogP contribution >= 0.6 is 11.3 Å². The molecule has 0 radical (unpaired) electrons. The molecule has 0 amide bonds. The number of aryl methyl sites for hydroxylation is 1. The van der Waals surface area contributed by atoms with Crippen molar-refractivity contribution in [2.24, 2.45) is 0 Å². The Kier molecular flexibility index (Phi) is 3.53. The molecule has 1 aromatic heterocycles. The Morgan fingerprint density at radius 1 is 1.26 bits per heavy atom. The van der Waals surface area contributed by atoms with Gasteiger partial charge in [0.1, 0.15) is 0 Å². The molecule has 0 atom stereocenters. The molecule has 0 spiro atoms. The molecule has 2 aromatic rings. The van der Waals surface area contributed by atoms with Gasteiger partial charge in [-0.05, 0) is 24.6 Å². The van der Waals surface area contributed by atoms with Crippen molar-refractivity contribution in [1.29, 1.82) is 0 Å². The summed E-state index contributed by atoms with van der Waals surface area (Å²) in [4.78, 5) is 8.46. The van der Waals surface area contributed by atoms with Crippen molar-refractivity contribution in [1.82, 2.24) is 10.3 Å². The van der Waals surface area contributed by atoms with Crippen molar-refractivity contribution in [2.75, 3.05) is 11.4 Å². The highest BCUT2D eigenvalue weighted by Gasteiger charge is 2.21. The van der Waals surface area contributed by atoms with E-state index in [-0.39, 0.29) is 0 Å². The van der Waals surface area contributed by atoms with Gasteiger partial charge in [-0.25, -0.2) is 4.98 Å². The number of benzene rings is 1. The maximum absolute atomic E-state index is 4.73. The molecule has 1 N–H and O–H groups in total. The number of fused-ring (bicyclic) bond motifs is 1. The van der Waals surface area contributed by atoms with Crippen LogP contribution in [0.25, 0.3) is 0 Å². The van der Waals surface area contributed by atoms with Gasteiger partial charge in [0.25, 0.3) is 0 Å². The summed E-state index contributed by atoms with van der Waals surface area (Å²) in [5, 5.41) is 4.53. The van der Waals surface area contributed by atoms with E-state index in [2.05, 4.69) is 48.3 Å². The van der Waals surface area contributed by atoms with Crippen LogP contribution in [0.4, 0.5) is 5.13 Å². The smallest absolute Gasteiger partial charge is 0.186 e. The minimum absolute atomic E-state index is 0.931. The van der Waals surface area contributed by atoms with Crippen LogP contribution in [0.1, 0.15) is 28.6 Å². The lowest BCUT2D eigenvalue weighted by Crippen LogP contribution is -2.13. The van der Waals surface area contributed by atoms with Crippen LogP contribution in [-0.4, -0.2) is 11.5 Å². The Balaban J connectivity index is 1.78. The van der Waals surface area contributed by atoms with Crippen molar-refractivity contribution < 1.29 is 0 Å². The Bertz CT molecular complexity index is 552. The number of nitrogens with one attached hydrogen (secondary N) is 1. The highest BCUT2D eigenvalue weighted by molar-refractivity contribution is 7.15. The van der Waals surface area contributed by atoms with Crippen LogP contribution < -0.4 is 10.2 Å². The van der Waals surface area contributed by atoms with E-state index < -0.39 is 0 Å². The number of hydrogen-bond acceptors (Lipinski definition) is 4. The van der Waals surface area contributed by atoms with E-state index >= 15 is 0 Å². The normalized spacial score (nSPS) is 13.9. The fourth-order valence-corrected chi connectivity index (χ4v) is 3.45. The van der Waals surface area contributed by atoms with Crippen molar-refractivity contribution in [3.63, 3.8) is 0 Å². The lowest BCUT2D eigenvalue weighted by molar-refractivity contribution is 0.731. The third-order valence-electron chi connectivity index (χ3n) is 3.53. The van der Waals surface area contributed by atoms with Gasteiger partial charge >= 0.3 is 0 Å². The summed E-state index contributed by atoms with van der Waals surface area (Å²) in [6, 6.07) is 8.67. The first-order valence-electron chi connectivity index (χ1n) is 6.76. The first kappa shape index (κ1) is 12.6. The average molecular weight is 273 g/mol. The molecule has 3 rings (SSSR count). The first-order valence-corrected chi connectivity index (χ1v) is 7.58. The summed E-state index contributed by atoms with van der Waals surface area (Å²) in [6.45, 7) is 8.15. The van der Waals surface area contributed by atoms with Crippen LogP contribution in [0.5, 0.6) is 0 Å². The molecule has 100 valence electrons. The second kappa shape index (κ2) is 5.31. The summed E-state index contributed by atoms with van der Waals surface area (Å²) < 4.78 is 0. The molecule has 1 aliphatic heterocycles. The van der Waals surface area contributed by atoms with Crippen molar-refractivity contribution in [3.05, 3.63) is 46.0 Å². The highest BCUT2D eigenvalue weighted by Crippen LogP contribution is 2.32. The van der Waals surface area contributed by atoms with E-state index in [4.69, 9.17) is 4.98 Å². The Morgan fingerprint density at radius 3 is 2.58 bits per heavy atom. The number of anilines is 1. The number of aromatic nitrogens is 1. The van der Waals surface area contributed by atoms with Crippen LogP contribution in [0.15, 0.2) is 24.3 Å². The van der Waals surface area contributed by atoms with E-state index in [1.54, 1.807) is 0 Å².